The van der Waals surface area contributed by atoms with Crippen molar-refractivity contribution in [2.24, 2.45) is 0 Å². The standard InChI is InChI=1S/C26H31ClF3N7O/c1-35-11-3-4-18(35)16-38-25-33-21-15-36(22-6-2-5-20(27)23(22)26(28,29)30)12-8-19(21)24(34-25)37-13-10-32-17(14-37)7-9-31/h2,5-6,17-18,32H,3-4,7-8,10-16H2,1H3/t17-,18?/m0/s1. The normalized spacial score (nSPS) is 22.3. The highest BCUT2D eigenvalue weighted by molar-refractivity contribution is 6.31. The van der Waals surface area contributed by atoms with E-state index in [1.165, 1.54) is 18.2 Å². The van der Waals surface area contributed by atoms with Crippen LogP contribution < -0.4 is 19.9 Å². The van der Waals surface area contributed by atoms with E-state index in [1.54, 1.807) is 4.90 Å². The molecule has 12 heteroatoms. The number of alkyl halides is 3. The molecule has 2 aromatic rings. The molecule has 0 spiro atoms. The molecule has 3 aliphatic heterocycles. The number of hydrogen-bond acceptors (Lipinski definition) is 8. The third kappa shape index (κ3) is 5.63. The fourth-order valence-corrected chi connectivity index (χ4v) is 5.88. The first-order chi connectivity index (χ1) is 18.2. The summed E-state index contributed by atoms with van der Waals surface area (Å²) in [6.07, 6.45) is -1.58. The van der Waals surface area contributed by atoms with Crippen LogP contribution in [-0.4, -0.2) is 73.3 Å². The molecule has 4 heterocycles. The van der Waals surface area contributed by atoms with E-state index >= 15 is 0 Å². The Kier molecular flexibility index (Phi) is 7.84. The Bertz CT molecular complexity index is 1200. The number of nitriles is 1. The Morgan fingerprint density at radius 2 is 2.05 bits per heavy atom. The van der Waals surface area contributed by atoms with E-state index in [9.17, 15) is 18.4 Å². The van der Waals surface area contributed by atoms with E-state index in [-0.39, 0.29) is 35.3 Å². The van der Waals surface area contributed by atoms with Gasteiger partial charge in [-0.2, -0.15) is 28.4 Å². The maximum Gasteiger partial charge on any atom is 0.419 e. The molecular weight excluding hydrogens is 519 g/mol. The van der Waals surface area contributed by atoms with Gasteiger partial charge in [0.25, 0.3) is 0 Å². The molecule has 1 aromatic carbocycles. The van der Waals surface area contributed by atoms with Crippen LogP contribution in [0.25, 0.3) is 0 Å². The van der Waals surface area contributed by atoms with E-state index in [2.05, 4.69) is 28.2 Å². The molecule has 2 atom stereocenters. The summed E-state index contributed by atoms with van der Waals surface area (Å²) in [5, 5.41) is 12.2. The number of ether oxygens (including phenoxy) is 1. The number of hydrogen-bond donors (Lipinski definition) is 1. The fourth-order valence-electron chi connectivity index (χ4n) is 5.60. The minimum Gasteiger partial charge on any atom is -0.462 e. The lowest BCUT2D eigenvalue weighted by Gasteiger charge is -2.37. The lowest BCUT2D eigenvalue weighted by molar-refractivity contribution is -0.137. The third-order valence-corrected chi connectivity index (χ3v) is 7.92. The van der Waals surface area contributed by atoms with Crippen molar-refractivity contribution in [3.8, 4) is 12.1 Å². The van der Waals surface area contributed by atoms with Crippen molar-refractivity contribution >= 4 is 23.1 Å². The van der Waals surface area contributed by atoms with Crippen molar-refractivity contribution < 1.29 is 17.9 Å². The maximum absolute atomic E-state index is 13.9. The number of nitrogens with zero attached hydrogens (tertiary/aromatic N) is 6. The lowest BCUT2D eigenvalue weighted by atomic mass is 10.0. The van der Waals surface area contributed by atoms with E-state index in [0.29, 0.717) is 51.3 Å². The van der Waals surface area contributed by atoms with Crippen LogP contribution in [0.4, 0.5) is 24.7 Å². The minimum absolute atomic E-state index is 0.0109. The molecule has 204 valence electrons. The Labute approximate surface area is 225 Å². The van der Waals surface area contributed by atoms with Crippen LogP contribution in [0, 0.1) is 11.3 Å². The zero-order valence-electron chi connectivity index (χ0n) is 21.3. The van der Waals surface area contributed by atoms with Gasteiger partial charge in [0, 0.05) is 43.8 Å². The fraction of sp³-hybridized carbons (Fsp3) is 0.577. The maximum atomic E-state index is 13.9. The molecule has 0 radical (unpaired) electrons. The van der Waals surface area contributed by atoms with Gasteiger partial charge in [0.1, 0.15) is 12.4 Å². The molecule has 1 unspecified atom stereocenters. The molecular formula is C26H31ClF3N7O. The Hall–Kier alpha value is -2.81. The SMILES string of the molecule is CN1CCCC1COc1nc2c(c(N3CCN[C@@H](CC#N)C3)n1)CCN(c1cccc(Cl)c1C(F)(F)F)C2. The summed E-state index contributed by atoms with van der Waals surface area (Å²) >= 11 is 6.01. The molecule has 5 rings (SSSR count). The topological polar surface area (TPSA) is 80.5 Å². The number of likely N-dealkylation sites (N-methyl/N-ethyl adjacent to an activating group) is 1. The minimum atomic E-state index is -4.58. The Balaban J connectivity index is 1.47. The van der Waals surface area contributed by atoms with Gasteiger partial charge in [-0.1, -0.05) is 17.7 Å². The van der Waals surface area contributed by atoms with Crippen molar-refractivity contribution in [2.45, 2.75) is 50.5 Å². The first-order valence-electron chi connectivity index (χ1n) is 12.9. The van der Waals surface area contributed by atoms with Crippen LogP contribution >= 0.6 is 11.6 Å². The summed E-state index contributed by atoms with van der Waals surface area (Å²) in [6.45, 7) is 4.03. The van der Waals surface area contributed by atoms with Gasteiger partial charge >= 0.3 is 12.2 Å². The second kappa shape index (κ2) is 11.1. The number of halogens is 4. The highest BCUT2D eigenvalue weighted by Crippen LogP contribution is 2.42. The van der Waals surface area contributed by atoms with Gasteiger partial charge in [0.05, 0.1) is 41.0 Å². The van der Waals surface area contributed by atoms with Crippen LogP contribution in [0.15, 0.2) is 18.2 Å². The van der Waals surface area contributed by atoms with Gasteiger partial charge in [0.2, 0.25) is 0 Å². The zero-order chi connectivity index (χ0) is 26.9. The number of aromatic nitrogens is 2. The van der Waals surface area contributed by atoms with E-state index < -0.39 is 11.7 Å². The second-order valence-corrected chi connectivity index (χ2v) is 10.5. The predicted molar refractivity (Wildman–Crippen MR) is 139 cm³/mol. The number of nitrogens with one attached hydrogen (secondary N) is 1. The van der Waals surface area contributed by atoms with Crippen molar-refractivity contribution in [2.75, 3.05) is 56.2 Å². The molecule has 1 aromatic heterocycles. The van der Waals surface area contributed by atoms with Crippen molar-refractivity contribution in [1.82, 2.24) is 20.2 Å². The predicted octanol–water partition coefficient (Wildman–Crippen LogP) is 3.88. The number of piperazine rings is 1. The van der Waals surface area contributed by atoms with Crippen LogP contribution in [0.5, 0.6) is 6.01 Å². The molecule has 2 saturated heterocycles. The summed E-state index contributed by atoms with van der Waals surface area (Å²) in [5.41, 5.74) is 0.781. The van der Waals surface area contributed by atoms with Crippen molar-refractivity contribution in [1.29, 1.82) is 5.26 Å². The quantitative estimate of drug-likeness (QED) is 0.582. The van der Waals surface area contributed by atoms with Gasteiger partial charge in [-0.15, -0.1) is 0 Å². The van der Waals surface area contributed by atoms with Crippen molar-refractivity contribution in [3.05, 3.63) is 40.0 Å². The molecule has 0 amide bonds. The number of rotatable bonds is 6. The summed E-state index contributed by atoms with van der Waals surface area (Å²) in [4.78, 5) is 15.6. The largest absolute Gasteiger partial charge is 0.462 e. The highest BCUT2D eigenvalue weighted by atomic mass is 35.5. The first kappa shape index (κ1) is 26.8. The number of anilines is 2. The third-order valence-electron chi connectivity index (χ3n) is 7.61. The summed E-state index contributed by atoms with van der Waals surface area (Å²) < 4.78 is 47.8. The van der Waals surface area contributed by atoms with Gasteiger partial charge in [-0.05, 0) is 45.0 Å². The summed E-state index contributed by atoms with van der Waals surface area (Å²) in [6, 6.07) is 7.00. The molecule has 0 bridgehead atoms. The second-order valence-electron chi connectivity index (χ2n) is 10.1. The Morgan fingerprint density at radius 1 is 1.21 bits per heavy atom. The van der Waals surface area contributed by atoms with E-state index in [4.69, 9.17) is 26.3 Å². The number of benzene rings is 1. The molecule has 3 aliphatic rings. The Morgan fingerprint density at radius 3 is 2.79 bits per heavy atom. The smallest absolute Gasteiger partial charge is 0.419 e. The number of fused-ring (bicyclic) bond motifs is 1. The molecule has 0 aliphatic carbocycles. The molecule has 2 fully saturated rings. The van der Waals surface area contributed by atoms with Crippen LogP contribution in [0.2, 0.25) is 5.02 Å². The molecule has 38 heavy (non-hydrogen) atoms. The average molecular weight is 550 g/mol. The summed E-state index contributed by atoms with van der Waals surface area (Å²) in [7, 11) is 2.07. The van der Waals surface area contributed by atoms with Crippen LogP contribution in [0.1, 0.15) is 36.1 Å². The molecule has 0 saturated carbocycles. The van der Waals surface area contributed by atoms with Crippen molar-refractivity contribution in [3.63, 3.8) is 0 Å². The monoisotopic (exact) mass is 549 g/mol. The summed E-state index contributed by atoms with van der Waals surface area (Å²) in [5.74, 6) is 0.746. The van der Waals surface area contributed by atoms with Gasteiger partial charge in [-0.3, -0.25) is 0 Å². The van der Waals surface area contributed by atoms with Crippen LogP contribution in [-0.2, 0) is 19.1 Å². The number of likely N-dealkylation sites (tertiary alicyclic amines) is 1. The van der Waals surface area contributed by atoms with Crippen LogP contribution in [0.3, 0.4) is 0 Å². The lowest BCUT2D eigenvalue weighted by Crippen LogP contribution is -2.51. The first-order valence-corrected chi connectivity index (χ1v) is 13.3. The molecule has 8 nitrogen and oxygen atoms in total. The van der Waals surface area contributed by atoms with Gasteiger partial charge in [-0.25, -0.2) is 0 Å². The van der Waals surface area contributed by atoms with Gasteiger partial charge in [0.15, 0.2) is 0 Å². The van der Waals surface area contributed by atoms with Gasteiger partial charge < -0.3 is 24.8 Å². The zero-order valence-corrected chi connectivity index (χ0v) is 22.0. The highest BCUT2D eigenvalue weighted by Gasteiger charge is 2.38. The van der Waals surface area contributed by atoms with E-state index in [1.807, 2.05) is 0 Å². The molecule has 1 N–H and O–H groups in total. The van der Waals surface area contributed by atoms with E-state index in [0.717, 1.165) is 30.8 Å². The average Bonchev–Trinajstić information content (AvgIpc) is 3.30.